The highest BCUT2D eigenvalue weighted by Crippen LogP contribution is 2.38. The van der Waals surface area contributed by atoms with Crippen LogP contribution < -0.4 is 41.7 Å². The summed E-state index contributed by atoms with van der Waals surface area (Å²) in [5.74, 6) is 1.02. The van der Waals surface area contributed by atoms with E-state index in [0.717, 1.165) is 125 Å². The van der Waals surface area contributed by atoms with Crippen molar-refractivity contribution in [1.29, 1.82) is 0 Å². The van der Waals surface area contributed by atoms with Crippen molar-refractivity contribution in [3.63, 3.8) is 0 Å². The second-order valence-corrected chi connectivity index (χ2v) is 29.7. The van der Waals surface area contributed by atoms with Crippen LogP contribution in [0.3, 0.4) is 0 Å². The number of nitrogens with zero attached hydrogens (tertiary/aromatic N) is 10. The molecule has 0 aromatic heterocycles. The second kappa shape index (κ2) is 44.7. The van der Waals surface area contributed by atoms with Gasteiger partial charge in [-0.1, -0.05) is 65.0 Å². The van der Waals surface area contributed by atoms with Gasteiger partial charge in [-0.2, -0.15) is 0 Å². The third-order valence-electron chi connectivity index (χ3n) is 21.7. The number of carbonyl (C=O) groups is 13. The van der Waals surface area contributed by atoms with Crippen LogP contribution in [0, 0.1) is 0 Å². The van der Waals surface area contributed by atoms with Gasteiger partial charge in [0.05, 0.1) is 48.0 Å². The van der Waals surface area contributed by atoms with Gasteiger partial charge >= 0.3 is 0 Å². The number of thioether (sulfide) groups is 1. The molecule has 10 aliphatic heterocycles. The van der Waals surface area contributed by atoms with E-state index in [-0.39, 0.29) is 136 Å². The summed E-state index contributed by atoms with van der Waals surface area (Å²) in [6.45, 7) is 28.6. The number of benzene rings is 2. The van der Waals surface area contributed by atoms with E-state index in [2.05, 4.69) is 43.8 Å². The molecule has 0 bridgehead atoms. The summed E-state index contributed by atoms with van der Waals surface area (Å²) in [5.41, 5.74) is 2.83. The highest BCUT2D eigenvalue weighted by Gasteiger charge is 2.47. The number of anilines is 2. The number of hydrogen-bond acceptors (Lipinski definition) is 23. The van der Waals surface area contributed by atoms with E-state index in [1.54, 1.807) is 106 Å². The topological polar surface area (TPSA) is 326 Å². The molecule has 0 aliphatic carbocycles. The monoisotopic (exact) mass is 1540 g/mol. The Hall–Kier alpha value is -7.26. The van der Waals surface area contributed by atoms with Gasteiger partial charge in [-0.05, 0) is 211 Å². The lowest BCUT2D eigenvalue weighted by atomic mass is 9.94. The maximum absolute atomic E-state index is 12.7. The van der Waals surface area contributed by atoms with E-state index in [1.807, 2.05) is 93.3 Å². The summed E-state index contributed by atoms with van der Waals surface area (Å²) < 4.78 is 0. The van der Waals surface area contributed by atoms with E-state index >= 15 is 0 Å². The standard InChI is InChI=1S/C16H22N2O2.C14H18N2O2S.C12H19N3O3.C12H21N3O2.C11H19N3O2.C10H17N3O2.2C2H6/c1-10-9-14(17-4)16(20)18(11(2)12(3)19)15-8-6-5-7-13(10)15;1-9(10(2)17)16-12-6-4-5-7-13(12)19-8-11(15-3)14(16)18;1-8(16)10-4-3-7-14-11(17)6-5-9(13-2)12(18)15(10)14;1-9(16)11-6-4-8-14-7-3-5-10(13-2)12(17)15(11)14;1-8(15)10-4-3-6-13-7-5-9(12-2)11(16)14(10)13;1-7(14)9-4-3-5-12-6-8(11-2)10(15)13(9)12;2*1-2/h5-8,10-11,14,17H,9H2,1-4H3;4-7,9,11,15H,8H2,1-3H3;9-10,13H,3-7H2,1-2H3;10-11,13H,3-8H2,1-2H3;9-10,12H,3-7H2,1-2H3;8-9,11H,3-6H2,1-2H3;2*1-2H3. The first-order valence-electron chi connectivity index (χ1n) is 39.4. The largest absolute Gasteiger partial charge is 0.309 e. The predicted octanol–water partition coefficient (Wildman–Crippen LogP) is 4.85. The van der Waals surface area contributed by atoms with Gasteiger partial charge in [-0.3, -0.25) is 87.3 Å². The summed E-state index contributed by atoms with van der Waals surface area (Å²) in [4.78, 5) is 160. The van der Waals surface area contributed by atoms with Crippen LogP contribution in [0.15, 0.2) is 53.4 Å². The zero-order chi connectivity index (χ0) is 81.3. The number of ketones is 6. The fourth-order valence-corrected chi connectivity index (χ4v) is 16.6. The highest BCUT2D eigenvalue weighted by molar-refractivity contribution is 7.99. The predicted molar refractivity (Wildman–Crippen MR) is 423 cm³/mol. The molecular weight excluding hydrogens is 1410 g/mol. The van der Waals surface area contributed by atoms with Crippen molar-refractivity contribution in [2.24, 2.45) is 0 Å². The number of nitrogens with one attached hydrogen (secondary N) is 6. The number of rotatable bonds is 14. The molecule has 29 nitrogen and oxygen atoms in total. The van der Waals surface area contributed by atoms with Crippen LogP contribution in [0.1, 0.15) is 191 Å². The summed E-state index contributed by atoms with van der Waals surface area (Å²) in [5, 5.41) is 32.1. The Morgan fingerprint density at radius 2 is 0.771 bits per heavy atom. The normalized spacial score (nSPS) is 26.7. The third kappa shape index (κ3) is 22.8. The average molecular weight is 1540 g/mol. The zero-order valence-electron chi connectivity index (χ0n) is 68.4. The quantitative estimate of drug-likeness (QED) is 0.147. The second-order valence-electron chi connectivity index (χ2n) is 28.6. The molecule has 0 radical (unpaired) electrons. The molecule has 12 rings (SSSR count). The summed E-state index contributed by atoms with van der Waals surface area (Å²) in [6, 6.07) is 12.2. The van der Waals surface area contributed by atoms with E-state index < -0.39 is 18.1 Å². The molecular formula is C79H128N16O13S. The molecule has 13 atom stereocenters. The van der Waals surface area contributed by atoms with E-state index in [1.165, 1.54) is 30.8 Å². The Kier molecular flexibility index (Phi) is 37.9. The maximum atomic E-state index is 12.7. The molecule has 608 valence electrons. The van der Waals surface area contributed by atoms with Crippen molar-refractivity contribution in [3.05, 3.63) is 54.1 Å². The molecule has 10 aliphatic rings. The molecule has 8 fully saturated rings. The lowest BCUT2D eigenvalue weighted by molar-refractivity contribution is -0.175. The molecule has 2 aromatic carbocycles. The molecule has 8 saturated heterocycles. The van der Waals surface area contributed by atoms with Crippen molar-refractivity contribution in [3.8, 4) is 0 Å². The minimum atomic E-state index is -0.482. The SMILES string of the molecule is CC.CC.CNC1CC(C)c2ccccc2N(C(C)C(C)=O)C1=O.CNC1CCC(=O)N2CCCC(C(C)=O)N2C1=O.CNC1CCCN2CCCC(C(C)=O)N2C1=O.CNC1CCN2CCCC(C(C)=O)N2C1=O.CNC1CN2CCCC(C(C)=O)N2C1=O.CNC1CSc2ccccc2N(C(C)C(C)=O)C1=O. The van der Waals surface area contributed by atoms with E-state index in [0.29, 0.717) is 38.1 Å². The lowest BCUT2D eigenvalue weighted by Crippen LogP contribution is -2.65. The van der Waals surface area contributed by atoms with Gasteiger partial charge in [0.1, 0.15) is 30.2 Å². The van der Waals surface area contributed by atoms with Crippen LogP contribution in [-0.4, -0.2) is 282 Å². The van der Waals surface area contributed by atoms with Gasteiger partial charge in [0, 0.05) is 68.6 Å². The van der Waals surface area contributed by atoms with Crippen LogP contribution in [-0.2, 0) is 62.3 Å². The molecule has 2 aromatic rings. The van der Waals surface area contributed by atoms with Gasteiger partial charge in [0.25, 0.3) is 23.6 Å². The zero-order valence-corrected chi connectivity index (χ0v) is 69.2. The molecule has 6 N–H and O–H groups in total. The minimum absolute atomic E-state index is 0.00226. The smallest absolute Gasteiger partial charge is 0.258 e. The average Bonchev–Trinajstić information content (AvgIpc) is 1.62. The van der Waals surface area contributed by atoms with Gasteiger partial charge in [0.2, 0.25) is 17.7 Å². The third-order valence-corrected chi connectivity index (χ3v) is 22.9. The molecule has 7 amide bonds. The first-order chi connectivity index (χ1) is 52.0. The Morgan fingerprint density at radius 1 is 0.404 bits per heavy atom. The van der Waals surface area contributed by atoms with Crippen LogP contribution in [0.25, 0.3) is 0 Å². The maximum Gasteiger partial charge on any atom is 0.258 e. The Labute approximate surface area is 651 Å². The Morgan fingerprint density at radius 3 is 1.25 bits per heavy atom. The number of amides is 7. The molecule has 0 saturated carbocycles. The molecule has 13 unspecified atom stereocenters. The van der Waals surface area contributed by atoms with Crippen LogP contribution in [0.2, 0.25) is 0 Å². The summed E-state index contributed by atoms with van der Waals surface area (Å²) in [7, 11) is 10.7. The Balaban J connectivity index is 0.000000232. The molecule has 30 heteroatoms. The van der Waals surface area contributed by atoms with Gasteiger partial charge in [-0.15, -0.1) is 11.8 Å². The number of Topliss-reactive ketones (excluding diaryl/α,β-unsaturated/α-hetero) is 6. The fraction of sp³-hybridized carbons (Fsp3) is 0.684. The van der Waals surface area contributed by atoms with Gasteiger partial charge < -0.3 is 36.8 Å². The molecule has 0 spiro atoms. The van der Waals surface area contributed by atoms with Gasteiger partial charge in [0.15, 0.2) is 34.7 Å². The van der Waals surface area contributed by atoms with Crippen molar-refractivity contribution in [2.75, 3.05) is 104 Å². The summed E-state index contributed by atoms with van der Waals surface area (Å²) in [6.07, 6.45) is 11.1. The summed E-state index contributed by atoms with van der Waals surface area (Å²) >= 11 is 1.64. The lowest BCUT2D eigenvalue weighted by Gasteiger charge is -2.48. The van der Waals surface area contributed by atoms with E-state index in [9.17, 15) is 62.3 Å². The number of para-hydroxylation sites is 2. The fourth-order valence-electron chi connectivity index (χ4n) is 15.4. The van der Waals surface area contributed by atoms with Crippen LogP contribution in [0.4, 0.5) is 11.4 Å². The first-order valence-corrected chi connectivity index (χ1v) is 40.4. The van der Waals surface area contributed by atoms with Crippen molar-refractivity contribution in [2.45, 2.75) is 263 Å². The number of hydrogen-bond donors (Lipinski definition) is 6. The number of fused-ring (bicyclic) bond motifs is 6. The minimum Gasteiger partial charge on any atom is -0.309 e. The van der Waals surface area contributed by atoms with Crippen molar-refractivity contribution < 1.29 is 62.3 Å². The number of carbonyl (C=O) groups excluding carboxylic acids is 13. The molecule has 109 heavy (non-hydrogen) atoms. The van der Waals surface area contributed by atoms with Crippen LogP contribution >= 0.6 is 11.8 Å². The Bertz CT molecular complexity index is 3460. The number of likely N-dealkylation sites (N-methyl/N-ethyl adjacent to an activating group) is 6. The van der Waals surface area contributed by atoms with E-state index in [4.69, 9.17) is 0 Å². The van der Waals surface area contributed by atoms with Gasteiger partial charge in [-0.25, -0.2) is 20.0 Å². The highest BCUT2D eigenvalue weighted by atomic mass is 32.2. The van der Waals surface area contributed by atoms with Crippen LogP contribution in [0.5, 0.6) is 0 Å². The first kappa shape index (κ1) is 92.3. The van der Waals surface area contributed by atoms with Crippen molar-refractivity contribution >= 4 is 99.2 Å². The number of hydrazine groups is 4. The van der Waals surface area contributed by atoms with Crippen molar-refractivity contribution in [1.82, 2.24) is 72.0 Å². The molecule has 10 heterocycles.